The van der Waals surface area contributed by atoms with E-state index in [4.69, 9.17) is 16.6 Å². The summed E-state index contributed by atoms with van der Waals surface area (Å²) in [6.45, 7) is 2.00. The van der Waals surface area contributed by atoms with E-state index in [0.29, 0.717) is 11.1 Å². The molecule has 0 saturated heterocycles. The van der Waals surface area contributed by atoms with Gasteiger partial charge in [0.1, 0.15) is 5.15 Å². The summed E-state index contributed by atoms with van der Waals surface area (Å²) in [5.41, 5.74) is 3.07. The first-order chi connectivity index (χ1) is 8.79. The molecule has 1 fully saturated rings. The van der Waals surface area contributed by atoms with E-state index in [-0.39, 0.29) is 0 Å². The summed E-state index contributed by atoms with van der Waals surface area (Å²) in [5.74, 6) is 0.570. The summed E-state index contributed by atoms with van der Waals surface area (Å²) in [6, 6.07) is 1.98. The van der Waals surface area contributed by atoms with Crippen molar-refractivity contribution in [2.24, 2.45) is 0 Å². The Morgan fingerprint density at radius 3 is 2.83 bits per heavy atom. The fourth-order valence-corrected chi connectivity index (χ4v) is 3.01. The van der Waals surface area contributed by atoms with Crippen molar-refractivity contribution in [1.82, 2.24) is 14.6 Å². The molecule has 3 rings (SSSR count). The molecule has 2 heterocycles. The van der Waals surface area contributed by atoms with Gasteiger partial charge in [0.2, 0.25) is 0 Å². The van der Waals surface area contributed by atoms with Gasteiger partial charge in [-0.05, 0) is 24.4 Å². The molecular formula is C13H16BClN3. The summed E-state index contributed by atoms with van der Waals surface area (Å²) in [5, 5.41) is 4.93. The van der Waals surface area contributed by atoms with Gasteiger partial charge in [-0.2, -0.15) is 5.10 Å². The quantitative estimate of drug-likeness (QED) is 0.614. The van der Waals surface area contributed by atoms with E-state index < -0.39 is 0 Å². The molecule has 0 spiro atoms. The van der Waals surface area contributed by atoms with Crippen LogP contribution >= 0.6 is 11.6 Å². The standard InChI is InChI=1S/C13H16BClN3/c1-14-10-8-16-18-12(15)7-11(17-13(10)18)9-5-3-2-4-6-9/h7-9H,2-6H2,1H3. The predicted molar refractivity (Wildman–Crippen MR) is 75.1 cm³/mol. The number of halogens is 1. The van der Waals surface area contributed by atoms with Crippen LogP contribution in [-0.4, -0.2) is 21.9 Å². The van der Waals surface area contributed by atoms with E-state index in [1.165, 1.54) is 32.1 Å². The van der Waals surface area contributed by atoms with Crippen molar-refractivity contribution in [3.8, 4) is 0 Å². The Balaban J connectivity index is 2.06. The van der Waals surface area contributed by atoms with Gasteiger partial charge >= 0.3 is 0 Å². The molecule has 2 aromatic heterocycles. The van der Waals surface area contributed by atoms with Crippen LogP contribution in [0.15, 0.2) is 12.3 Å². The van der Waals surface area contributed by atoms with E-state index in [9.17, 15) is 0 Å². The minimum Gasteiger partial charge on any atom is -0.234 e. The largest absolute Gasteiger partial charge is 0.234 e. The van der Waals surface area contributed by atoms with Crippen LogP contribution in [0.4, 0.5) is 0 Å². The van der Waals surface area contributed by atoms with E-state index in [1.807, 2.05) is 26.4 Å². The van der Waals surface area contributed by atoms with Crippen molar-refractivity contribution >= 4 is 30.0 Å². The fourth-order valence-electron chi connectivity index (χ4n) is 2.77. The lowest BCUT2D eigenvalue weighted by Crippen LogP contribution is -2.14. The molecule has 1 radical (unpaired) electrons. The summed E-state index contributed by atoms with van der Waals surface area (Å²) in [6.07, 6.45) is 8.26. The van der Waals surface area contributed by atoms with Gasteiger partial charge in [-0.25, -0.2) is 9.50 Å². The minimum absolute atomic E-state index is 0.570. The van der Waals surface area contributed by atoms with Crippen LogP contribution in [0.1, 0.15) is 43.7 Å². The first-order valence-corrected chi connectivity index (χ1v) is 7.01. The van der Waals surface area contributed by atoms with Gasteiger partial charge in [-0.1, -0.05) is 37.7 Å². The molecule has 93 valence electrons. The van der Waals surface area contributed by atoms with Gasteiger partial charge in [-0.3, -0.25) is 0 Å². The summed E-state index contributed by atoms with van der Waals surface area (Å²) >= 11 is 6.30. The maximum Gasteiger partial charge on any atom is 0.155 e. The van der Waals surface area contributed by atoms with Crippen LogP contribution in [0.3, 0.4) is 0 Å². The highest BCUT2D eigenvalue weighted by molar-refractivity contribution is 6.54. The first kappa shape index (κ1) is 12.0. The molecule has 0 aromatic carbocycles. The summed E-state index contributed by atoms with van der Waals surface area (Å²) < 4.78 is 1.71. The molecule has 1 aliphatic rings. The monoisotopic (exact) mass is 260 g/mol. The van der Waals surface area contributed by atoms with Gasteiger partial charge in [0.05, 0.1) is 0 Å². The van der Waals surface area contributed by atoms with Crippen LogP contribution in [0.2, 0.25) is 12.0 Å². The number of nitrogens with zero attached hydrogens (tertiary/aromatic N) is 3. The van der Waals surface area contributed by atoms with E-state index >= 15 is 0 Å². The van der Waals surface area contributed by atoms with Crippen molar-refractivity contribution in [3.05, 3.63) is 23.1 Å². The zero-order valence-corrected chi connectivity index (χ0v) is 11.3. The molecule has 0 N–H and O–H groups in total. The molecule has 0 bridgehead atoms. The van der Waals surface area contributed by atoms with Gasteiger partial charge in [-0.15, -0.1) is 0 Å². The highest BCUT2D eigenvalue weighted by Crippen LogP contribution is 2.32. The average molecular weight is 261 g/mol. The minimum atomic E-state index is 0.570. The van der Waals surface area contributed by atoms with E-state index in [2.05, 4.69) is 5.10 Å². The van der Waals surface area contributed by atoms with E-state index in [0.717, 1.165) is 16.8 Å². The second-order valence-corrected chi connectivity index (χ2v) is 5.35. The highest BCUT2D eigenvalue weighted by atomic mass is 35.5. The SMILES string of the molecule is C[B]c1cnn2c(Cl)cc(C3CCCCC3)nc12. The molecular weight excluding hydrogens is 244 g/mol. The van der Waals surface area contributed by atoms with Crippen molar-refractivity contribution in [3.63, 3.8) is 0 Å². The van der Waals surface area contributed by atoms with Crippen LogP contribution in [0, 0.1) is 0 Å². The Kier molecular flexibility index (Phi) is 3.29. The summed E-state index contributed by atoms with van der Waals surface area (Å²) in [7, 11) is 2.02. The number of hydrogen-bond acceptors (Lipinski definition) is 2. The molecule has 3 nitrogen and oxygen atoms in total. The molecule has 0 amide bonds. The van der Waals surface area contributed by atoms with Crippen molar-refractivity contribution in [1.29, 1.82) is 0 Å². The molecule has 0 atom stereocenters. The average Bonchev–Trinajstić information content (AvgIpc) is 2.83. The Hall–Kier alpha value is -1.03. The molecule has 1 aliphatic carbocycles. The van der Waals surface area contributed by atoms with Crippen molar-refractivity contribution in [2.45, 2.75) is 44.8 Å². The predicted octanol–water partition coefficient (Wildman–Crippen LogP) is 2.81. The van der Waals surface area contributed by atoms with Crippen LogP contribution < -0.4 is 5.46 Å². The van der Waals surface area contributed by atoms with Crippen molar-refractivity contribution < 1.29 is 0 Å². The van der Waals surface area contributed by atoms with Crippen LogP contribution in [-0.2, 0) is 0 Å². The van der Waals surface area contributed by atoms with Gasteiger partial charge in [0.15, 0.2) is 12.9 Å². The topological polar surface area (TPSA) is 30.2 Å². The number of hydrogen-bond donors (Lipinski definition) is 0. The molecule has 0 aliphatic heterocycles. The zero-order chi connectivity index (χ0) is 12.5. The molecule has 2 aromatic rings. The summed E-state index contributed by atoms with van der Waals surface area (Å²) in [4.78, 5) is 4.78. The zero-order valence-electron chi connectivity index (χ0n) is 10.6. The third-order valence-corrected chi connectivity index (χ3v) is 4.08. The first-order valence-electron chi connectivity index (χ1n) is 6.63. The lowest BCUT2D eigenvalue weighted by atomic mass is 9.75. The molecule has 0 unspecified atom stereocenters. The number of fused-ring (bicyclic) bond motifs is 1. The number of aromatic nitrogens is 3. The van der Waals surface area contributed by atoms with Crippen LogP contribution in [0.25, 0.3) is 5.65 Å². The third kappa shape index (κ3) is 2.03. The normalized spacial score (nSPS) is 17.2. The third-order valence-electron chi connectivity index (χ3n) is 3.81. The van der Waals surface area contributed by atoms with E-state index in [1.54, 1.807) is 4.52 Å². The van der Waals surface area contributed by atoms with Gasteiger partial charge < -0.3 is 0 Å². The van der Waals surface area contributed by atoms with Crippen molar-refractivity contribution in [2.75, 3.05) is 0 Å². The second kappa shape index (κ2) is 4.92. The smallest absolute Gasteiger partial charge is 0.155 e. The van der Waals surface area contributed by atoms with Crippen LogP contribution in [0.5, 0.6) is 0 Å². The molecule has 1 saturated carbocycles. The second-order valence-electron chi connectivity index (χ2n) is 4.96. The fraction of sp³-hybridized carbons (Fsp3) is 0.538. The Labute approximate surface area is 113 Å². The lowest BCUT2D eigenvalue weighted by Gasteiger charge is -2.21. The Bertz CT molecular complexity index is 561. The van der Waals surface area contributed by atoms with Gasteiger partial charge in [0, 0.05) is 17.8 Å². The van der Waals surface area contributed by atoms with Gasteiger partial charge in [0.25, 0.3) is 0 Å². The number of rotatable bonds is 2. The Morgan fingerprint density at radius 2 is 2.11 bits per heavy atom. The highest BCUT2D eigenvalue weighted by Gasteiger charge is 2.19. The Morgan fingerprint density at radius 1 is 1.33 bits per heavy atom. The maximum absolute atomic E-state index is 6.30. The molecule has 18 heavy (non-hydrogen) atoms. The maximum atomic E-state index is 6.30. The lowest BCUT2D eigenvalue weighted by molar-refractivity contribution is 0.437. The molecule has 5 heteroatoms.